The highest BCUT2D eigenvalue weighted by Gasteiger charge is 2.11. The molecule has 4 rings (SSSR count). The number of rotatable bonds is 7. The summed E-state index contributed by atoms with van der Waals surface area (Å²) in [5, 5.41) is 3.45. The first-order chi connectivity index (χ1) is 14.2. The molecule has 3 aromatic rings. The second-order valence-corrected chi connectivity index (χ2v) is 7.30. The van der Waals surface area contributed by atoms with E-state index in [9.17, 15) is 0 Å². The summed E-state index contributed by atoms with van der Waals surface area (Å²) in [4.78, 5) is 15.2. The Kier molecular flexibility index (Phi) is 5.81. The predicted octanol–water partition coefficient (Wildman–Crippen LogP) is 3.85. The predicted molar refractivity (Wildman–Crippen MR) is 120 cm³/mol. The zero-order valence-corrected chi connectivity index (χ0v) is 16.7. The standard InChI is InChI=1S/C23H26N6/c1-17-5-2-6-18(13-17)19-7-3-8-20(14-19)21-15-27-23(24)28-22(21)26-9-4-11-29-12-10-25-16-29/h2-3,5-8,10,13-15H,4,9,11-12,16H2,1H3,(H3,24,26,27,28). The van der Waals surface area contributed by atoms with Gasteiger partial charge in [0.25, 0.3) is 0 Å². The molecule has 1 aromatic heterocycles. The Morgan fingerprint density at radius 2 is 1.86 bits per heavy atom. The molecule has 3 N–H and O–H groups in total. The Bertz CT molecular complexity index is 1010. The fourth-order valence-electron chi connectivity index (χ4n) is 3.51. The van der Waals surface area contributed by atoms with Crippen LogP contribution in [0.3, 0.4) is 0 Å². The van der Waals surface area contributed by atoms with Gasteiger partial charge in [-0.1, -0.05) is 48.0 Å². The molecule has 0 amide bonds. The van der Waals surface area contributed by atoms with E-state index < -0.39 is 0 Å². The van der Waals surface area contributed by atoms with Crippen molar-refractivity contribution in [3.8, 4) is 22.3 Å². The first kappa shape index (κ1) is 19.1. The topological polar surface area (TPSA) is 79.4 Å². The van der Waals surface area contributed by atoms with Crippen molar-refractivity contribution in [2.45, 2.75) is 13.3 Å². The van der Waals surface area contributed by atoms with Crippen molar-refractivity contribution in [3.05, 3.63) is 60.3 Å². The molecule has 0 saturated heterocycles. The molecule has 29 heavy (non-hydrogen) atoms. The van der Waals surface area contributed by atoms with Gasteiger partial charge < -0.3 is 11.1 Å². The summed E-state index contributed by atoms with van der Waals surface area (Å²) in [5.74, 6) is 1.05. The van der Waals surface area contributed by atoms with Crippen LogP contribution in [0.25, 0.3) is 22.3 Å². The smallest absolute Gasteiger partial charge is 0.221 e. The van der Waals surface area contributed by atoms with Crippen molar-refractivity contribution in [3.63, 3.8) is 0 Å². The van der Waals surface area contributed by atoms with Crippen LogP contribution in [-0.4, -0.2) is 47.4 Å². The lowest BCUT2D eigenvalue weighted by Crippen LogP contribution is -2.23. The van der Waals surface area contributed by atoms with Crippen molar-refractivity contribution < 1.29 is 0 Å². The van der Waals surface area contributed by atoms with Gasteiger partial charge in [0.1, 0.15) is 5.82 Å². The molecule has 0 bridgehead atoms. The molecule has 0 radical (unpaired) electrons. The molecular formula is C23H26N6. The van der Waals surface area contributed by atoms with Crippen LogP contribution >= 0.6 is 0 Å². The maximum Gasteiger partial charge on any atom is 0.221 e. The molecule has 0 fully saturated rings. The Labute approximate surface area is 171 Å². The zero-order valence-electron chi connectivity index (χ0n) is 16.7. The summed E-state index contributed by atoms with van der Waals surface area (Å²) < 4.78 is 0. The molecular weight excluding hydrogens is 360 g/mol. The van der Waals surface area contributed by atoms with Crippen molar-refractivity contribution in [2.75, 3.05) is 37.4 Å². The fourth-order valence-corrected chi connectivity index (χ4v) is 3.51. The summed E-state index contributed by atoms with van der Waals surface area (Å²) in [6, 6.07) is 17.0. The number of nitrogens with two attached hydrogens (primary N) is 1. The number of nitrogen functional groups attached to an aromatic ring is 1. The first-order valence-corrected chi connectivity index (χ1v) is 9.93. The number of hydrogen-bond acceptors (Lipinski definition) is 6. The minimum absolute atomic E-state index is 0.277. The van der Waals surface area contributed by atoms with Crippen LogP contribution in [0.15, 0.2) is 59.7 Å². The Morgan fingerprint density at radius 1 is 1.07 bits per heavy atom. The molecule has 6 nitrogen and oxygen atoms in total. The van der Waals surface area contributed by atoms with Crippen LogP contribution in [0.4, 0.5) is 11.8 Å². The van der Waals surface area contributed by atoms with Crippen LogP contribution in [0.1, 0.15) is 12.0 Å². The average molecular weight is 387 g/mol. The Balaban J connectivity index is 1.52. The minimum atomic E-state index is 0.277. The van der Waals surface area contributed by atoms with Crippen LogP contribution in [0, 0.1) is 6.92 Å². The SMILES string of the molecule is Cc1cccc(-c2cccc(-c3cnc(N)nc3NCCCN3CC=NC3)c2)c1. The van der Waals surface area contributed by atoms with Crippen molar-refractivity contribution in [1.82, 2.24) is 14.9 Å². The number of nitrogens with one attached hydrogen (secondary N) is 1. The normalized spacial score (nSPS) is 13.7. The molecule has 0 unspecified atom stereocenters. The number of nitrogens with zero attached hydrogens (tertiary/aromatic N) is 4. The number of aryl methyl sites for hydroxylation is 1. The molecule has 148 valence electrons. The van der Waals surface area contributed by atoms with E-state index in [-0.39, 0.29) is 5.95 Å². The summed E-state index contributed by atoms with van der Waals surface area (Å²) in [6.07, 6.45) is 4.78. The molecule has 1 aliphatic heterocycles. The van der Waals surface area contributed by atoms with Crippen LogP contribution in [0.5, 0.6) is 0 Å². The third kappa shape index (κ3) is 4.78. The summed E-state index contributed by atoms with van der Waals surface area (Å²) >= 11 is 0. The third-order valence-electron chi connectivity index (χ3n) is 5.03. The lowest BCUT2D eigenvalue weighted by Gasteiger charge is -2.15. The highest BCUT2D eigenvalue weighted by atomic mass is 15.2. The maximum absolute atomic E-state index is 5.86. The van der Waals surface area contributed by atoms with Crippen molar-refractivity contribution >= 4 is 18.0 Å². The van der Waals surface area contributed by atoms with Crippen LogP contribution in [-0.2, 0) is 0 Å². The fraction of sp³-hybridized carbons (Fsp3) is 0.261. The van der Waals surface area contributed by atoms with Gasteiger partial charge in [-0.25, -0.2) is 4.98 Å². The van der Waals surface area contributed by atoms with Gasteiger partial charge in [-0.2, -0.15) is 4.98 Å². The van der Waals surface area contributed by atoms with E-state index in [1.165, 1.54) is 16.7 Å². The number of aliphatic imine (C=N–C) groups is 1. The highest BCUT2D eigenvalue weighted by Crippen LogP contribution is 2.30. The van der Waals surface area contributed by atoms with Gasteiger partial charge in [-0.05, 0) is 36.1 Å². The van der Waals surface area contributed by atoms with Gasteiger partial charge in [-0.3, -0.25) is 9.89 Å². The largest absolute Gasteiger partial charge is 0.369 e. The van der Waals surface area contributed by atoms with Gasteiger partial charge in [0.2, 0.25) is 5.95 Å². The van der Waals surface area contributed by atoms with Gasteiger partial charge in [0.15, 0.2) is 0 Å². The number of benzene rings is 2. The lowest BCUT2D eigenvalue weighted by atomic mass is 9.99. The van der Waals surface area contributed by atoms with E-state index >= 15 is 0 Å². The average Bonchev–Trinajstić information content (AvgIpc) is 3.25. The molecule has 2 heterocycles. The number of hydrogen-bond donors (Lipinski definition) is 2. The quantitative estimate of drug-likeness (QED) is 0.603. The molecule has 6 heteroatoms. The van der Waals surface area contributed by atoms with E-state index in [2.05, 4.69) is 80.6 Å². The minimum Gasteiger partial charge on any atom is -0.369 e. The summed E-state index contributed by atoms with van der Waals surface area (Å²) in [7, 11) is 0. The molecule has 0 spiro atoms. The van der Waals surface area contributed by atoms with Gasteiger partial charge in [0.05, 0.1) is 6.67 Å². The zero-order chi connectivity index (χ0) is 20.1. The maximum atomic E-state index is 5.86. The molecule has 0 saturated carbocycles. The molecule has 2 aromatic carbocycles. The Morgan fingerprint density at radius 3 is 2.66 bits per heavy atom. The van der Waals surface area contributed by atoms with Gasteiger partial charge >= 0.3 is 0 Å². The van der Waals surface area contributed by atoms with E-state index in [1.54, 1.807) is 6.20 Å². The van der Waals surface area contributed by atoms with E-state index in [0.29, 0.717) is 0 Å². The van der Waals surface area contributed by atoms with Crippen LogP contribution < -0.4 is 11.1 Å². The van der Waals surface area contributed by atoms with Crippen molar-refractivity contribution in [2.24, 2.45) is 4.99 Å². The van der Waals surface area contributed by atoms with Gasteiger partial charge in [0, 0.05) is 37.6 Å². The first-order valence-electron chi connectivity index (χ1n) is 9.93. The second kappa shape index (κ2) is 8.84. The van der Waals surface area contributed by atoms with Crippen molar-refractivity contribution in [1.29, 1.82) is 0 Å². The molecule has 0 atom stereocenters. The van der Waals surface area contributed by atoms with E-state index in [1.807, 2.05) is 6.21 Å². The third-order valence-corrected chi connectivity index (χ3v) is 5.03. The molecule has 1 aliphatic rings. The number of aromatic nitrogens is 2. The summed E-state index contributed by atoms with van der Waals surface area (Å²) in [6.45, 7) is 5.68. The van der Waals surface area contributed by atoms with E-state index in [0.717, 1.165) is 49.7 Å². The van der Waals surface area contributed by atoms with E-state index in [4.69, 9.17) is 5.73 Å². The highest BCUT2D eigenvalue weighted by molar-refractivity contribution is 5.79. The number of anilines is 2. The molecule has 0 aliphatic carbocycles. The monoisotopic (exact) mass is 386 g/mol. The Hall–Kier alpha value is -3.25. The second-order valence-electron chi connectivity index (χ2n) is 7.30. The summed E-state index contributed by atoms with van der Waals surface area (Å²) in [5.41, 5.74) is 11.5. The lowest BCUT2D eigenvalue weighted by molar-refractivity contribution is 0.341. The van der Waals surface area contributed by atoms with Gasteiger partial charge in [-0.15, -0.1) is 0 Å². The van der Waals surface area contributed by atoms with Crippen LogP contribution in [0.2, 0.25) is 0 Å².